The van der Waals surface area contributed by atoms with E-state index < -0.39 is 5.97 Å². The van der Waals surface area contributed by atoms with Crippen molar-refractivity contribution in [3.63, 3.8) is 0 Å². The van der Waals surface area contributed by atoms with Gasteiger partial charge in [-0.1, -0.05) is 26.0 Å². The number of nitrogens with one attached hydrogen (secondary N) is 1. The molecule has 1 aromatic heterocycles. The Kier molecular flexibility index (Phi) is 6.60. The molecule has 0 aliphatic rings. The third-order valence-corrected chi connectivity index (χ3v) is 3.90. The quantitative estimate of drug-likeness (QED) is 0.422. The number of rotatable bonds is 6. The van der Waals surface area contributed by atoms with Gasteiger partial charge in [0, 0.05) is 9.65 Å². The number of esters is 1. The third kappa shape index (κ3) is 5.23. The first-order chi connectivity index (χ1) is 11.5. The van der Waals surface area contributed by atoms with Crippen molar-refractivity contribution < 1.29 is 18.7 Å². The number of furan rings is 1. The normalized spacial score (nSPS) is 11.4. The van der Waals surface area contributed by atoms with Crippen molar-refractivity contribution in [3.8, 4) is 0 Å². The minimum atomic E-state index is -0.598. The van der Waals surface area contributed by atoms with Crippen molar-refractivity contribution in [2.24, 2.45) is 5.92 Å². The molecule has 0 unspecified atom stereocenters. The summed E-state index contributed by atoms with van der Waals surface area (Å²) in [4.78, 5) is 24.7. The van der Waals surface area contributed by atoms with Crippen LogP contribution in [-0.2, 0) is 9.53 Å². The van der Waals surface area contributed by atoms with E-state index >= 15 is 0 Å². The Morgan fingerprint density at radius 1 is 1.25 bits per heavy atom. The number of hydrogen-bond donors (Lipinski definition) is 1. The maximum Gasteiger partial charge on any atom is 0.354 e. The fourth-order valence-electron chi connectivity index (χ4n) is 1.82. The zero-order valence-corrected chi connectivity index (χ0v) is 15.6. The zero-order chi connectivity index (χ0) is 17.5. The fraction of sp³-hybridized carbons (Fsp3) is 0.222. The second kappa shape index (κ2) is 8.68. The van der Waals surface area contributed by atoms with Crippen LogP contribution in [0.25, 0.3) is 6.08 Å². The standard InChI is InChI=1S/C18H18INO4/c1-12(2)11-24-18(22)16(10-13-6-5-9-23-13)20-17(21)14-7-3-4-8-15(14)19/h3-10,12H,11H2,1-2H3,(H,20,21)/b16-10-. The molecule has 126 valence electrons. The van der Waals surface area contributed by atoms with Gasteiger partial charge in [-0.05, 0) is 52.8 Å². The van der Waals surface area contributed by atoms with Crippen LogP contribution in [0.2, 0.25) is 0 Å². The number of hydrogen-bond acceptors (Lipinski definition) is 4. The van der Waals surface area contributed by atoms with Crippen LogP contribution in [-0.4, -0.2) is 18.5 Å². The predicted octanol–water partition coefficient (Wildman–Crippen LogP) is 3.85. The molecule has 0 aliphatic carbocycles. The van der Waals surface area contributed by atoms with E-state index in [9.17, 15) is 9.59 Å². The van der Waals surface area contributed by atoms with E-state index in [1.54, 1.807) is 24.3 Å². The molecule has 5 nitrogen and oxygen atoms in total. The highest BCUT2D eigenvalue weighted by molar-refractivity contribution is 14.1. The highest BCUT2D eigenvalue weighted by Crippen LogP contribution is 2.13. The smallest absolute Gasteiger partial charge is 0.354 e. The summed E-state index contributed by atoms with van der Waals surface area (Å²) in [7, 11) is 0. The number of carbonyl (C=O) groups excluding carboxylic acids is 2. The Balaban J connectivity index is 2.21. The average molecular weight is 439 g/mol. The van der Waals surface area contributed by atoms with Crippen LogP contribution in [0.5, 0.6) is 0 Å². The molecule has 2 rings (SSSR count). The van der Waals surface area contributed by atoms with E-state index in [2.05, 4.69) is 27.9 Å². The number of amides is 1. The van der Waals surface area contributed by atoms with Gasteiger partial charge in [-0.25, -0.2) is 4.79 Å². The summed E-state index contributed by atoms with van der Waals surface area (Å²) < 4.78 is 11.2. The van der Waals surface area contributed by atoms with Gasteiger partial charge >= 0.3 is 5.97 Å². The molecule has 1 heterocycles. The molecule has 1 amide bonds. The van der Waals surface area contributed by atoms with Gasteiger partial charge in [0.2, 0.25) is 0 Å². The molecular formula is C18H18INO4. The Bertz CT molecular complexity index is 735. The number of halogens is 1. The number of carbonyl (C=O) groups is 2. The first-order valence-corrected chi connectivity index (χ1v) is 8.53. The van der Waals surface area contributed by atoms with Gasteiger partial charge < -0.3 is 14.5 Å². The van der Waals surface area contributed by atoms with E-state index in [-0.39, 0.29) is 24.1 Å². The van der Waals surface area contributed by atoms with Gasteiger partial charge in [0.25, 0.3) is 5.91 Å². The molecule has 6 heteroatoms. The molecular weight excluding hydrogens is 421 g/mol. The maximum atomic E-state index is 12.5. The fourth-order valence-corrected chi connectivity index (χ4v) is 2.45. The molecule has 24 heavy (non-hydrogen) atoms. The van der Waals surface area contributed by atoms with Crippen LogP contribution in [0, 0.1) is 9.49 Å². The monoisotopic (exact) mass is 439 g/mol. The van der Waals surface area contributed by atoms with Crippen LogP contribution in [0.15, 0.2) is 52.8 Å². The van der Waals surface area contributed by atoms with E-state index in [0.29, 0.717) is 11.3 Å². The summed E-state index contributed by atoms with van der Waals surface area (Å²) in [6, 6.07) is 10.5. The molecule has 2 aromatic rings. The van der Waals surface area contributed by atoms with Gasteiger partial charge in [0.1, 0.15) is 11.5 Å². The molecule has 1 aromatic carbocycles. The summed E-state index contributed by atoms with van der Waals surface area (Å²) in [6.45, 7) is 4.15. The Hall–Kier alpha value is -2.09. The van der Waals surface area contributed by atoms with E-state index in [4.69, 9.17) is 9.15 Å². The summed E-state index contributed by atoms with van der Waals surface area (Å²) >= 11 is 2.07. The van der Waals surface area contributed by atoms with Gasteiger partial charge in [0.05, 0.1) is 18.4 Å². The lowest BCUT2D eigenvalue weighted by Crippen LogP contribution is -2.29. The van der Waals surface area contributed by atoms with E-state index in [0.717, 1.165) is 3.57 Å². The topological polar surface area (TPSA) is 68.5 Å². The largest absolute Gasteiger partial charge is 0.465 e. The molecule has 1 N–H and O–H groups in total. The van der Waals surface area contributed by atoms with Crippen molar-refractivity contribution in [1.29, 1.82) is 0 Å². The van der Waals surface area contributed by atoms with E-state index in [1.807, 2.05) is 26.0 Å². The van der Waals surface area contributed by atoms with Crippen molar-refractivity contribution in [2.45, 2.75) is 13.8 Å². The van der Waals surface area contributed by atoms with Crippen molar-refractivity contribution in [1.82, 2.24) is 5.32 Å². The van der Waals surface area contributed by atoms with Crippen molar-refractivity contribution in [2.75, 3.05) is 6.61 Å². The summed E-state index contributed by atoms with van der Waals surface area (Å²) in [5.41, 5.74) is 0.523. The second-order valence-electron chi connectivity index (χ2n) is 5.50. The summed E-state index contributed by atoms with van der Waals surface area (Å²) in [5.74, 6) is -0.321. The number of ether oxygens (including phenoxy) is 1. The first-order valence-electron chi connectivity index (χ1n) is 7.45. The van der Waals surface area contributed by atoms with Crippen molar-refractivity contribution >= 4 is 40.5 Å². The maximum absolute atomic E-state index is 12.5. The molecule has 0 spiro atoms. The van der Waals surface area contributed by atoms with E-state index in [1.165, 1.54) is 12.3 Å². The van der Waals surface area contributed by atoms with Gasteiger partial charge in [-0.2, -0.15) is 0 Å². The molecule has 0 saturated carbocycles. The minimum Gasteiger partial charge on any atom is -0.465 e. The lowest BCUT2D eigenvalue weighted by atomic mass is 10.2. The lowest BCUT2D eigenvalue weighted by Gasteiger charge is -2.12. The molecule has 0 saturated heterocycles. The van der Waals surface area contributed by atoms with Crippen molar-refractivity contribution in [3.05, 3.63) is 63.3 Å². The Morgan fingerprint density at radius 2 is 2.00 bits per heavy atom. The second-order valence-corrected chi connectivity index (χ2v) is 6.66. The highest BCUT2D eigenvalue weighted by atomic mass is 127. The Labute approximate surface area is 154 Å². The SMILES string of the molecule is CC(C)COC(=O)/C(=C/c1ccco1)NC(=O)c1ccccc1I. The number of benzene rings is 1. The molecule has 0 fully saturated rings. The molecule has 0 bridgehead atoms. The van der Waals surface area contributed by atoms with Crippen LogP contribution >= 0.6 is 22.6 Å². The van der Waals surface area contributed by atoms with Crippen LogP contribution in [0.3, 0.4) is 0 Å². The summed E-state index contributed by atoms with van der Waals surface area (Å²) in [6.07, 6.45) is 2.95. The molecule has 0 aliphatic heterocycles. The van der Waals surface area contributed by atoms with Crippen LogP contribution < -0.4 is 5.32 Å². The predicted molar refractivity (Wildman–Crippen MR) is 99.1 cm³/mol. The summed E-state index contributed by atoms with van der Waals surface area (Å²) in [5, 5.41) is 2.62. The average Bonchev–Trinajstić information content (AvgIpc) is 3.05. The molecule has 0 atom stereocenters. The minimum absolute atomic E-state index is 0.0373. The first kappa shape index (κ1) is 18.3. The third-order valence-electron chi connectivity index (χ3n) is 2.96. The zero-order valence-electron chi connectivity index (χ0n) is 13.4. The van der Waals surface area contributed by atoms with Gasteiger partial charge in [-0.3, -0.25) is 4.79 Å². The lowest BCUT2D eigenvalue weighted by molar-refractivity contribution is -0.140. The van der Waals surface area contributed by atoms with Crippen LogP contribution in [0.1, 0.15) is 30.0 Å². The van der Waals surface area contributed by atoms with Gasteiger partial charge in [-0.15, -0.1) is 0 Å². The Morgan fingerprint density at radius 3 is 2.62 bits per heavy atom. The van der Waals surface area contributed by atoms with Gasteiger partial charge in [0.15, 0.2) is 0 Å². The van der Waals surface area contributed by atoms with Crippen LogP contribution in [0.4, 0.5) is 0 Å². The molecule has 0 radical (unpaired) electrons. The highest BCUT2D eigenvalue weighted by Gasteiger charge is 2.18.